The zero-order valence-corrected chi connectivity index (χ0v) is 22.9. The molecule has 0 amide bonds. The average molecular weight is 544 g/mol. The molecule has 11 heteroatoms. The van der Waals surface area contributed by atoms with E-state index in [0.717, 1.165) is 42.3 Å². The van der Waals surface area contributed by atoms with Gasteiger partial charge in [0.1, 0.15) is 10.4 Å². The van der Waals surface area contributed by atoms with Crippen molar-refractivity contribution in [1.82, 2.24) is 33.4 Å². The van der Waals surface area contributed by atoms with Crippen LogP contribution in [0.3, 0.4) is 0 Å². The molecular weight excluding hydrogens is 514 g/mol. The number of rotatable bonds is 7. The molecule has 200 valence electrons. The summed E-state index contributed by atoms with van der Waals surface area (Å²) in [6, 6.07) is 9.39. The first-order valence-corrected chi connectivity index (χ1v) is 14.6. The fourth-order valence-corrected chi connectivity index (χ4v) is 6.25. The molecule has 2 aliphatic carbocycles. The molecule has 5 aromatic rings. The molecule has 2 saturated carbocycles. The molecule has 0 unspecified atom stereocenters. The number of hydrogen-bond acceptors (Lipinski definition) is 6. The molecule has 0 atom stereocenters. The third-order valence-electron chi connectivity index (χ3n) is 7.69. The lowest BCUT2D eigenvalue weighted by molar-refractivity contribution is 0.520. The van der Waals surface area contributed by atoms with Gasteiger partial charge in [-0.15, -0.1) is 0 Å². The van der Waals surface area contributed by atoms with E-state index >= 15 is 0 Å². The van der Waals surface area contributed by atoms with Gasteiger partial charge in [0.05, 0.1) is 22.3 Å². The van der Waals surface area contributed by atoms with Gasteiger partial charge in [0.15, 0.2) is 0 Å². The molecule has 4 aromatic heterocycles. The van der Waals surface area contributed by atoms with Gasteiger partial charge in [-0.2, -0.15) is 14.9 Å². The van der Waals surface area contributed by atoms with Crippen LogP contribution in [0.4, 0.5) is 0 Å². The van der Waals surface area contributed by atoms with Crippen LogP contribution in [0.2, 0.25) is 0 Å². The molecule has 7 rings (SSSR count). The van der Waals surface area contributed by atoms with Crippen molar-refractivity contribution in [1.29, 1.82) is 0 Å². The summed E-state index contributed by atoms with van der Waals surface area (Å²) >= 11 is 0. The number of benzene rings is 1. The summed E-state index contributed by atoms with van der Waals surface area (Å²) in [5.41, 5.74) is 3.89. The van der Waals surface area contributed by atoms with Crippen LogP contribution in [0.1, 0.15) is 37.3 Å². The number of aromatic nitrogens is 6. The molecule has 0 aliphatic heterocycles. The highest BCUT2D eigenvalue weighted by molar-refractivity contribution is 7.89. The summed E-state index contributed by atoms with van der Waals surface area (Å²) in [5.74, 6) is 0.934. The van der Waals surface area contributed by atoms with Crippen LogP contribution in [-0.4, -0.2) is 55.9 Å². The molecule has 10 nitrogen and oxygen atoms in total. The molecule has 2 aliphatic rings. The first kappa shape index (κ1) is 24.2. The molecular formula is C28H29N7O3S. The Bertz CT molecular complexity index is 1930. The van der Waals surface area contributed by atoms with Crippen LogP contribution in [-0.2, 0) is 23.6 Å². The summed E-state index contributed by atoms with van der Waals surface area (Å²) in [6.07, 6.45) is 9.69. The van der Waals surface area contributed by atoms with E-state index in [0.29, 0.717) is 40.7 Å². The first-order valence-electron chi connectivity index (χ1n) is 13.2. The van der Waals surface area contributed by atoms with Gasteiger partial charge in [-0.25, -0.2) is 12.7 Å². The number of sulfonamides is 1. The second-order valence-corrected chi connectivity index (χ2v) is 13.1. The van der Waals surface area contributed by atoms with Crippen LogP contribution in [0.15, 0.2) is 58.6 Å². The molecule has 1 aromatic carbocycles. The zero-order chi connectivity index (χ0) is 27.1. The summed E-state index contributed by atoms with van der Waals surface area (Å²) in [5, 5.41) is 10.0. The molecule has 0 bridgehead atoms. The summed E-state index contributed by atoms with van der Waals surface area (Å²) in [6.45, 7) is 0.632. The standard InChI is InChI=1S/C28H29N7O3S/c1-32(2)39(37,38)24-16-34(14-17-4-5-17)27-25(19-8-10-22(29-13-19)18-6-7-18)28(36)35(31-26(24)27)21-9-11-23-20(12-21)15-33(3)30-23/h8-13,15-18H,4-7,14H2,1-3H3. The highest BCUT2D eigenvalue weighted by Crippen LogP contribution is 2.40. The Morgan fingerprint density at radius 2 is 1.82 bits per heavy atom. The van der Waals surface area contributed by atoms with Gasteiger partial charge in [0, 0.05) is 68.8 Å². The SMILES string of the molecule is CN(C)S(=O)(=O)c1cn(CC2CC2)c2c(-c3ccc(C4CC4)nc3)c(=O)n(-c3ccc4nn(C)cc4c3)nc12. The average Bonchev–Trinajstić information content (AvgIpc) is 3.83. The number of nitrogens with zero attached hydrogens (tertiary/aromatic N) is 7. The van der Waals surface area contributed by atoms with Gasteiger partial charge in [0.2, 0.25) is 10.0 Å². The predicted octanol–water partition coefficient (Wildman–Crippen LogP) is 3.67. The van der Waals surface area contributed by atoms with E-state index < -0.39 is 10.0 Å². The minimum Gasteiger partial charge on any atom is -0.344 e. The summed E-state index contributed by atoms with van der Waals surface area (Å²) < 4.78 is 33.1. The van der Waals surface area contributed by atoms with Gasteiger partial charge >= 0.3 is 0 Å². The van der Waals surface area contributed by atoms with Crippen molar-refractivity contribution < 1.29 is 8.42 Å². The zero-order valence-electron chi connectivity index (χ0n) is 22.1. The van der Waals surface area contributed by atoms with Gasteiger partial charge < -0.3 is 4.57 Å². The van der Waals surface area contributed by atoms with Gasteiger partial charge in [-0.05, 0) is 55.9 Å². The molecule has 4 heterocycles. The van der Waals surface area contributed by atoms with Crippen molar-refractivity contribution >= 4 is 32.0 Å². The normalized spacial score (nSPS) is 16.1. The van der Waals surface area contributed by atoms with E-state index in [1.807, 2.05) is 42.1 Å². The van der Waals surface area contributed by atoms with Crippen molar-refractivity contribution in [3.05, 3.63) is 65.0 Å². The van der Waals surface area contributed by atoms with Crippen LogP contribution < -0.4 is 5.56 Å². The summed E-state index contributed by atoms with van der Waals surface area (Å²) in [7, 11) is 1.01. The van der Waals surface area contributed by atoms with Crippen LogP contribution in [0.25, 0.3) is 38.8 Å². The third kappa shape index (κ3) is 4.07. The van der Waals surface area contributed by atoms with Crippen LogP contribution >= 0.6 is 0 Å². The fourth-order valence-electron chi connectivity index (χ4n) is 5.22. The molecule has 0 radical (unpaired) electrons. The largest absolute Gasteiger partial charge is 0.344 e. The van der Waals surface area contributed by atoms with E-state index in [2.05, 4.69) is 10.1 Å². The van der Waals surface area contributed by atoms with Crippen molar-refractivity contribution in [2.75, 3.05) is 14.1 Å². The molecule has 0 spiro atoms. The number of fused-ring (bicyclic) bond motifs is 2. The smallest absolute Gasteiger partial charge is 0.281 e. The minimum atomic E-state index is -3.84. The number of aryl methyl sites for hydroxylation is 1. The van der Waals surface area contributed by atoms with Crippen molar-refractivity contribution in [2.45, 2.75) is 43.0 Å². The van der Waals surface area contributed by atoms with Gasteiger partial charge in [-0.3, -0.25) is 14.5 Å². The Morgan fingerprint density at radius 3 is 2.49 bits per heavy atom. The number of pyridine rings is 1. The molecule has 0 saturated heterocycles. The third-order valence-corrected chi connectivity index (χ3v) is 9.51. The molecule has 39 heavy (non-hydrogen) atoms. The van der Waals surface area contributed by atoms with Crippen LogP contribution in [0, 0.1) is 5.92 Å². The van der Waals surface area contributed by atoms with E-state index in [-0.39, 0.29) is 16.0 Å². The Hall–Kier alpha value is -3.83. The second-order valence-electron chi connectivity index (χ2n) is 11.0. The molecule has 2 fully saturated rings. The second kappa shape index (κ2) is 8.59. The topological polar surface area (TPSA) is 108 Å². The van der Waals surface area contributed by atoms with Gasteiger partial charge in [0.25, 0.3) is 5.56 Å². The first-order chi connectivity index (χ1) is 18.7. The van der Waals surface area contributed by atoms with Crippen molar-refractivity contribution in [3.8, 4) is 16.8 Å². The van der Waals surface area contributed by atoms with E-state index in [9.17, 15) is 13.2 Å². The predicted molar refractivity (Wildman–Crippen MR) is 148 cm³/mol. The lowest BCUT2D eigenvalue weighted by Gasteiger charge is -2.13. The van der Waals surface area contributed by atoms with E-state index in [4.69, 9.17) is 5.10 Å². The Labute approximate surface area is 225 Å². The van der Waals surface area contributed by atoms with Crippen LogP contribution in [0.5, 0.6) is 0 Å². The number of hydrogen-bond donors (Lipinski definition) is 0. The maximum atomic E-state index is 14.3. The monoisotopic (exact) mass is 543 g/mol. The lowest BCUT2D eigenvalue weighted by atomic mass is 10.1. The minimum absolute atomic E-state index is 0.0863. The maximum absolute atomic E-state index is 14.3. The van der Waals surface area contributed by atoms with E-state index in [1.165, 1.54) is 23.1 Å². The lowest BCUT2D eigenvalue weighted by Crippen LogP contribution is -2.25. The highest BCUT2D eigenvalue weighted by Gasteiger charge is 2.32. The summed E-state index contributed by atoms with van der Waals surface area (Å²) in [4.78, 5) is 19.1. The van der Waals surface area contributed by atoms with Crippen molar-refractivity contribution in [3.63, 3.8) is 0 Å². The quantitative estimate of drug-likeness (QED) is 0.310. The highest BCUT2D eigenvalue weighted by atomic mass is 32.2. The van der Waals surface area contributed by atoms with Gasteiger partial charge in [-0.1, -0.05) is 6.07 Å². The Balaban J connectivity index is 1.55. The Kier molecular flexibility index (Phi) is 5.33. The van der Waals surface area contributed by atoms with E-state index in [1.54, 1.807) is 23.1 Å². The fraction of sp³-hybridized carbons (Fsp3) is 0.357. The van der Waals surface area contributed by atoms with Crippen molar-refractivity contribution in [2.24, 2.45) is 13.0 Å². The Morgan fingerprint density at radius 1 is 1.03 bits per heavy atom. The maximum Gasteiger partial charge on any atom is 0.281 e. The molecule has 0 N–H and O–H groups in total.